The molecule has 1 N–H and O–H groups in total. The van der Waals surface area contributed by atoms with Gasteiger partial charge in [-0.15, -0.1) is 0 Å². The summed E-state index contributed by atoms with van der Waals surface area (Å²) in [7, 11) is 0. The second kappa shape index (κ2) is 5.39. The van der Waals surface area contributed by atoms with Crippen molar-refractivity contribution in [2.24, 2.45) is 0 Å². The second-order valence-corrected chi connectivity index (χ2v) is 5.15. The van der Waals surface area contributed by atoms with Gasteiger partial charge in [-0.2, -0.15) is 15.3 Å². The fourth-order valence-corrected chi connectivity index (χ4v) is 2.63. The van der Waals surface area contributed by atoms with E-state index < -0.39 is 0 Å². The van der Waals surface area contributed by atoms with Crippen molar-refractivity contribution in [1.82, 2.24) is 19.7 Å². The van der Waals surface area contributed by atoms with Crippen LogP contribution in [0.2, 0.25) is 0 Å². The van der Waals surface area contributed by atoms with Crippen molar-refractivity contribution < 1.29 is 0 Å². The number of aromatic nitrogens is 4. The number of rotatable bonds is 2. The highest BCUT2D eigenvalue weighted by Gasteiger charge is 2.23. The molecule has 1 aliphatic rings. The van der Waals surface area contributed by atoms with Gasteiger partial charge in [-0.05, 0) is 35.9 Å². The first-order valence-corrected chi connectivity index (χ1v) is 7.14. The Morgan fingerprint density at radius 1 is 1.09 bits per heavy atom. The molecule has 3 heterocycles. The maximum Gasteiger partial charge on any atom is 0.226 e. The van der Waals surface area contributed by atoms with Crippen LogP contribution in [-0.2, 0) is 0 Å². The first kappa shape index (κ1) is 13.2. The van der Waals surface area contributed by atoms with Crippen molar-refractivity contribution in [2.45, 2.75) is 6.04 Å². The summed E-state index contributed by atoms with van der Waals surface area (Å²) < 4.78 is 1.83. The van der Waals surface area contributed by atoms with Crippen LogP contribution in [0.5, 0.6) is 0 Å². The smallest absolute Gasteiger partial charge is 0.226 e. The Morgan fingerprint density at radius 3 is 2.61 bits per heavy atom. The molecule has 0 saturated carbocycles. The van der Waals surface area contributed by atoms with Crippen LogP contribution in [-0.4, -0.2) is 19.7 Å². The Balaban J connectivity index is 1.80. The molecule has 3 aromatic rings. The molecule has 0 fully saturated rings. The molecule has 1 aromatic carbocycles. The molecule has 4 rings (SSSR count). The van der Waals surface area contributed by atoms with E-state index in [4.69, 9.17) is 5.26 Å². The quantitative estimate of drug-likeness (QED) is 0.787. The molecule has 6 nitrogen and oxygen atoms in total. The summed E-state index contributed by atoms with van der Waals surface area (Å²) in [5, 5.41) is 16.5. The lowest BCUT2D eigenvalue weighted by Crippen LogP contribution is -2.20. The Bertz CT molecular complexity index is 902. The number of nitriles is 1. The number of nitrogens with one attached hydrogen (secondary N) is 1. The van der Waals surface area contributed by atoms with Crippen LogP contribution in [0.1, 0.15) is 22.7 Å². The number of benzene rings is 1. The summed E-state index contributed by atoms with van der Waals surface area (Å²) >= 11 is 0. The Kier molecular flexibility index (Phi) is 3.10. The van der Waals surface area contributed by atoms with Crippen molar-refractivity contribution in [1.29, 1.82) is 5.26 Å². The molecular formula is C17H12N6. The zero-order valence-corrected chi connectivity index (χ0v) is 12.1. The minimum atomic E-state index is -0.0790. The van der Waals surface area contributed by atoms with Crippen molar-refractivity contribution in [3.05, 3.63) is 77.9 Å². The third-order valence-corrected chi connectivity index (χ3v) is 3.78. The number of pyridine rings is 1. The molecule has 2 aromatic heterocycles. The highest BCUT2D eigenvalue weighted by molar-refractivity contribution is 5.76. The van der Waals surface area contributed by atoms with Gasteiger partial charge in [0.15, 0.2) is 0 Å². The molecule has 6 heteroatoms. The molecule has 0 spiro atoms. The molecule has 1 unspecified atom stereocenters. The van der Waals surface area contributed by atoms with E-state index >= 15 is 0 Å². The van der Waals surface area contributed by atoms with Crippen LogP contribution in [0.15, 0.2) is 61.2 Å². The van der Waals surface area contributed by atoms with Crippen LogP contribution in [0.4, 0.5) is 5.95 Å². The van der Waals surface area contributed by atoms with E-state index in [1.807, 2.05) is 41.1 Å². The lowest BCUT2D eigenvalue weighted by Gasteiger charge is -2.24. The van der Waals surface area contributed by atoms with Gasteiger partial charge in [0.2, 0.25) is 5.95 Å². The van der Waals surface area contributed by atoms with Gasteiger partial charge < -0.3 is 5.32 Å². The fraction of sp³-hybridized carbons (Fsp3) is 0.0588. The molecule has 23 heavy (non-hydrogen) atoms. The highest BCUT2D eigenvalue weighted by atomic mass is 15.4. The summed E-state index contributed by atoms with van der Waals surface area (Å²) in [5.74, 6) is 0.689. The summed E-state index contributed by atoms with van der Waals surface area (Å²) in [5.41, 5.74) is 3.68. The van der Waals surface area contributed by atoms with Crippen LogP contribution in [0.3, 0.4) is 0 Å². The van der Waals surface area contributed by atoms with Gasteiger partial charge in [0.1, 0.15) is 12.4 Å². The normalized spacial score (nSPS) is 16.0. The third-order valence-electron chi connectivity index (χ3n) is 3.78. The molecule has 0 amide bonds. The number of hydrogen-bond donors (Lipinski definition) is 1. The SMILES string of the molecule is N#Cc1ccc(C2C=C(c3ccncc3)Nc3ncnn32)cc1. The first-order valence-electron chi connectivity index (χ1n) is 7.14. The zero-order chi connectivity index (χ0) is 15.6. The van der Waals surface area contributed by atoms with Crippen LogP contribution >= 0.6 is 0 Å². The number of anilines is 1. The second-order valence-electron chi connectivity index (χ2n) is 5.15. The largest absolute Gasteiger partial charge is 0.324 e. The van der Waals surface area contributed by atoms with E-state index in [2.05, 4.69) is 32.5 Å². The van der Waals surface area contributed by atoms with Crippen LogP contribution in [0.25, 0.3) is 5.70 Å². The minimum absolute atomic E-state index is 0.0790. The van der Waals surface area contributed by atoms with Gasteiger partial charge in [0, 0.05) is 23.7 Å². The van der Waals surface area contributed by atoms with E-state index in [0.717, 1.165) is 16.8 Å². The molecule has 0 radical (unpaired) electrons. The molecule has 0 saturated heterocycles. The van der Waals surface area contributed by atoms with Gasteiger partial charge in [-0.3, -0.25) is 4.98 Å². The summed E-state index contributed by atoms with van der Waals surface area (Å²) in [4.78, 5) is 8.33. The highest BCUT2D eigenvalue weighted by Crippen LogP contribution is 2.31. The number of allylic oxidation sites excluding steroid dienone is 1. The van der Waals surface area contributed by atoms with E-state index in [1.165, 1.54) is 6.33 Å². The molecule has 1 atom stereocenters. The molecule has 0 aliphatic carbocycles. The predicted octanol–water partition coefficient (Wildman–Crippen LogP) is 2.60. The van der Waals surface area contributed by atoms with Crippen molar-refractivity contribution >= 4 is 11.6 Å². The first-order chi connectivity index (χ1) is 11.3. The minimum Gasteiger partial charge on any atom is -0.324 e. The van der Waals surface area contributed by atoms with Crippen molar-refractivity contribution in [3.63, 3.8) is 0 Å². The number of nitrogens with zero attached hydrogens (tertiary/aromatic N) is 5. The van der Waals surface area contributed by atoms with E-state index in [9.17, 15) is 0 Å². The summed E-state index contributed by atoms with van der Waals surface area (Å²) in [6, 6.07) is 13.5. The van der Waals surface area contributed by atoms with Crippen molar-refractivity contribution in [3.8, 4) is 6.07 Å². The zero-order valence-electron chi connectivity index (χ0n) is 12.1. The van der Waals surface area contributed by atoms with Gasteiger partial charge in [0.05, 0.1) is 11.6 Å². The topological polar surface area (TPSA) is 79.4 Å². The van der Waals surface area contributed by atoms with Gasteiger partial charge in [0.25, 0.3) is 0 Å². The monoisotopic (exact) mass is 300 g/mol. The Morgan fingerprint density at radius 2 is 1.87 bits per heavy atom. The molecule has 1 aliphatic heterocycles. The Labute approximate surface area is 132 Å². The Hall–Kier alpha value is -3.46. The number of fused-ring (bicyclic) bond motifs is 1. The van der Waals surface area contributed by atoms with Crippen LogP contribution < -0.4 is 5.32 Å². The van der Waals surface area contributed by atoms with Crippen LogP contribution in [0, 0.1) is 11.3 Å². The lowest BCUT2D eigenvalue weighted by molar-refractivity contribution is 0.612. The fourth-order valence-electron chi connectivity index (χ4n) is 2.63. The summed E-state index contributed by atoms with van der Waals surface area (Å²) in [6.07, 6.45) is 7.14. The maximum atomic E-state index is 8.95. The maximum absolute atomic E-state index is 8.95. The molecule has 110 valence electrons. The summed E-state index contributed by atoms with van der Waals surface area (Å²) in [6.45, 7) is 0. The van der Waals surface area contributed by atoms with E-state index in [-0.39, 0.29) is 6.04 Å². The van der Waals surface area contributed by atoms with Gasteiger partial charge >= 0.3 is 0 Å². The average Bonchev–Trinajstić information content (AvgIpc) is 3.10. The van der Waals surface area contributed by atoms with Gasteiger partial charge in [-0.1, -0.05) is 12.1 Å². The van der Waals surface area contributed by atoms with Gasteiger partial charge in [-0.25, -0.2) is 4.68 Å². The van der Waals surface area contributed by atoms with E-state index in [0.29, 0.717) is 11.5 Å². The number of hydrogen-bond acceptors (Lipinski definition) is 5. The van der Waals surface area contributed by atoms with E-state index in [1.54, 1.807) is 12.4 Å². The van der Waals surface area contributed by atoms with Crippen molar-refractivity contribution in [2.75, 3.05) is 5.32 Å². The standard InChI is InChI=1S/C17H12N6/c18-10-12-1-3-14(4-2-12)16-9-15(13-5-7-19-8-6-13)22-17-20-11-21-23(16)17/h1-9,11,16H,(H,20,21,22). The molecular weight excluding hydrogens is 288 g/mol. The average molecular weight is 300 g/mol. The lowest BCUT2D eigenvalue weighted by atomic mass is 10.0. The third kappa shape index (κ3) is 2.34. The predicted molar refractivity (Wildman–Crippen MR) is 85.2 cm³/mol. The molecule has 0 bridgehead atoms.